The zero-order valence-electron chi connectivity index (χ0n) is 8.85. The van der Waals surface area contributed by atoms with Crippen molar-refractivity contribution in [3.8, 4) is 0 Å². The topological polar surface area (TPSA) is 37.4 Å². The molecule has 1 saturated heterocycles. The summed E-state index contributed by atoms with van der Waals surface area (Å²) in [5.74, 6) is -8.64. The summed E-state index contributed by atoms with van der Waals surface area (Å²) in [6.45, 7) is 0.588. The average Bonchev–Trinajstić information content (AvgIpc) is 2.19. The van der Waals surface area contributed by atoms with E-state index in [1.807, 2.05) is 0 Å². The van der Waals surface area contributed by atoms with Crippen molar-refractivity contribution < 1.29 is 31.5 Å². The van der Waals surface area contributed by atoms with Crippen LogP contribution in [-0.2, 0) is 9.59 Å². The van der Waals surface area contributed by atoms with Crippen molar-refractivity contribution in [2.45, 2.75) is 25.4 Å². The zero-order valence-corrected chi connectivity index (χ0v) is 8.85. The summed E-state index contributed by atoms with van der Waals surface area (Å²) >= 11 is 0. The summed E-state index contributed by atoms with van der Waals surface area (Å²) in [4.78, 5) is 22.5. The predicted molar refractivity (Wildman–Crippen MR) is 46.4 cm³/mol. The fourth-order valence-corrected chi connectivity index (χ4v) is 1.52. The monoisotopic (exact) mass is 259 g/mol. The number of likely N-dealkylation sites (tertiary alicyclic amines) is 1. The van der Waals surface area contributed by atoms with E-state index in [4.69, 9.17) is 0 Å². The molecule has 0 saturated carbocycles. The minimum absolute atomic E-state index is 0.194. The second kappa shape index (κ2) is 4.23. The number of alkyl halides is 5. The predicted octanol–water partition coefficient (Wildman–Crippen LogP) is 1.62. The molecule has 1 heterocycles. The molecule has 1 amide bonds. The van der Waals surface area contributed by atoms with Crippen LogP contribution in [0.3, 0.4) is 0 Å². The van der Waals surface area contributed by atoms with Gasteiger partial charge in [-0.05, 0) is 0 Å². The van der Waals surface area contributed by atoms with Gasteiger partial charge in [0.25, 0.3) is 0 Å². The fourth-order valence-electron chi connectivity index (χ4n) is 1.52. The molecule has 8 heteroatoms. The van der Waals surface area contributed by atoms with Crippen molar-refractivity contribution in [1.29, 1.82) is 0 Å². The van der Waals surface area contributed by atoms with Gasteiger partial charge in [-0.15, -0.1) is 0 Å². The van der Waals surface area contributed by atoms with Crippen molar-refractivity contribution >= 4 is 11.7 Å². The lowest BCUT2D eigenvalue weighted by atomic mass is 9.98. The Morgan fingerprint density at radius 2 is 1.82 bits per heavy atom. The van der Waals surface area contributed by atoms with E-state index >= 15 is 0 Å². The number of hydrogen-bond acceptors (Lipinski definition) is 2. The van der Waals surface area contributed by atoms with Gasteiger partial charge in [0, 0.05) is 25.4 Å². The number of carbonyl (C=O) groups excluding carboxylic acids is 2. The molecule has 1 unspecified atom stereocenters. The first-order valence-corrected chi connectivity index (χ1v) is 4.84. The van der Waals surface area contributed by atoms with Crippen LogP contribution in [0, 0.1) is 5.92 Å². The first kappa shape index (κ1) is 13.9. The van der Waals surface area contributed by atoms with E-state index in [1.54, 1.807) is 0 Å². The SMILES string of the molecule is CC1CN(C(=O)C(F)(F)C(F)(F)F)CCC1=O. The van der Waals surface area contributed by atoms with Crippen LogP contribution in [0.5, 0.6) is 0 Å². The van der Waals surface area contributed by atoms with Gasteiger partial charge in [-0.25, -0.2) is 0 Å². The maximum Gasteiger partial charge on any atom is 0.463 e. The summed E-state index contributed by atoms with van der Waals surface area (Å²) in [6, 6.07) is 0. The molecule has 1 aliphatic rings. The maximum absolute atomic E-state index is 12.7. The number of carbonyl (C=O) groups is 2. The van der Waals surface area contributed by atoms with Gasteiger partial charge in [0.05, 0.1) is 0 Å². The van der Waals surface area contributed by atoms with E-state index < -0.39 is 37.0 Å². The Morgan fingerprint density at radius 3 is 2.24 bits per heavy atom. The normalized spacial score (nSPS) is 22.8. The molecular weight excluding hydrogens is 249 g/mol. The molecule has 3 nitrogen and oxygen atoms in total. The lowest BCUT2D eigenvalue weighted by Crippen LogP contribution is -2.55. The van der Waals surface area contributed by atoms with Gasteiger partial charge in [-0.2, -0.15) is 22.0 Å². The third-order valence-electron chi connectivity index (χ3n) is 2.58. The molecule has 0 aromatic rings. The van der Waals surface area contributed by atoms with Gasteiger partial charge < -0.3 is 4.90 Å². The maximum atomic E-state index is 12.7. The molecule has 1 rings (SSSR count). The number of Topliss-reactive ketones (excluding diaryl/α,β-unsaturated/α-hetero) is 1. The summed E-state index contributed by atoms with van der Waals surface area (Å²) in [6.07, 6.45) is -6.10. The van der Waals surface area contributed by atoms with Gasteiger partial charge in [0.15, 0.2) is 0 Å². The van der Waals surface area contributed by atoms with E-state index in [9.17, 15) is 31.5 Å². The highest BCUT2D eigenvalue weighted by Gasteiger charge is 2.64. The standard InChI is InChI=1S/C9H10F5NO2/c1-5-4-15(3-2-6(5)16)7(17)8(10,11)9(12,13)14/h5H,2-4H2,1H3. The Labute approximate surface area is 93.6 Å². The molecule has 1 fully saturated rings. The Hall–Kier alpha value is -1.21. The van der Waals surface area contributed by atoms with E-state index in [-0.39, 0.29) is 12.2 Å². The smallest absolute Gasteiger partial charge is 0.336 e. The van der Waals surface area contributed by atoms with Crippen molar-refractivity contribution in [3.05, 3.63) is 0 Å². The van der Waals surface area contributed by atoms with E-state index in [0.29, 0.717) is 4.90 Å². The van der Waals surface area contributed by atoms with Gasteiger partial charge in [-0.3, -0.25) is 9.59 Å². The number of halogens is 5. The molecule has 1 atom stereocenters. The quantitative estimate of drug-likeness (QED) is 0.671. The Morgan fingerprint density at radius 1 is 1.29 bits per heavy atom. The van der Waals surface area contributed by atoms with Crippen molar-refractivity contribution in [3.63, 3.8) is 0 Å². The molecule has 0 aliphatic carbocycles. The van der Waals surface area contributed by atoms with Crippen LogP contribution < -0.4 is 0 Å². The largest absolute Gasteiger partial charge is 0.463 e. The Kier molecular flexibility index (Phi) is 3.45. The first-order valence-electron chi connectivity index (χ1n) is 4.84. The summed E-state index contributed by atoms with van der Waals surface area (Å²) < 4.78 is 61.3. The third kappa shape index (κ3) is 2.55. The van der Waals surface area contributed by atoms with E-state index in [0.717, 1.165) is 0 Å². The number of hydrogen-bond donors (Lipinski definition) is 0. The van der Waals surface area contributed by atoms with Gasteiger partial charge in [-0.1, -0.05) is 6.92 Å². The Balaban J connectivity index is 2.81. The highest BCUT2D eigenvalue weighted by atomic mass is 19.4. The molecule has 0 N–H and O–H groups in total. The van der Waals surface area contributed by atoms with Crippen molar-refractivity contribution in [1.82, 2.24) is 4.90 Å². The van der Waals surface area contributed by atoms with Gasteiger partial charge in [0.1, 0.15) is 5.78 Å². The lowest BCUT2D eigenvalue weighted by molar-refractivity contribution is -0.274. The van der Waals surface area contributed by atoms with Crippen LogP contribution in [-0.4, -0.2) is 41.8 Å². The van der Waals surface area contributed by atoms with Crippen molar-refractivity contribution in [2.75, 3.05) is 13.1 Å². The summed E-state index contributed by atoms with van der Waals surface area (Å²) in [7, 11) is 0. The zero-order chi connectivity index (χ0) is 13.4. The van der Waals surface area contributed by atoms with Crippen LogP contribution in [0.25, 0.3) is 0 Å². The highest BCUT2D eigenvalue weighted by molar-refractivity contribution is 5.88. The fraction of sp³-hybridized carbons (Fsp3) is 0.778. The minimum atomic E-state index is -5.91. The van der Waals surface area contributed by atoms with Crippen LogP contribution in [0.4, 0.5) is 22.0 Å². The first-order chi connectivity index (χ1) is 7.57. The molecular formula is C9H10F5NO2. The number of rotatable bonds is 1. The minimum Gasteiger partial charge on any atom is -0.336 e. The number of amides is 1. The van der Waals surface area contributed by atoms with E-state index in [1.165, 1.54) is 6.92 Å². The van der Waals surface area contributed by atoms with Crippen LogP contribution >= 0.6 is 0 Å². The van der Waals surface area contributed by atoms with Crippen molar-refractivity contribution in [2.24, 2.45) is 5.92 Å². The molecule has 98 valence electrons. The van der Waals surface area contributed by atoms with Crippen LogP contribution in [0.15, 0.2) is 0 Å². The van der Waals surface area contributed by atoms with Gasteiger partial charge in [0.2, 0.25) is 0 Å². The number of ketones is 1. The molecule has 0 aromatic carbocycles. The third-order valence-corrected chi connectivity index (χ3v) is 2.58. The molecule has 1 aliphatic heterocycles. The summed E-state index contributed by atoms with van der Waals surface area (Å²) in [5.41, 5.74) is 0. The van der Waals surface area contributed by atoms with Crippen LogP contribution in [0.1, 0.15) is 13.3 Å². The second-order valence-corrected chi connectivity index (χ2v) is 3.94. The summed E-state index contributed by atoms with van der Waals surface area (Å²) in [5, 5.41) is 0. The molecule has 0 aromatic heterocycles. The molecule has 0 bridgehead atoms. The number of nitrogens with zero attached hydrogens (tertiary/aromatic N) is 1. The molecule has 0 radical (unpaired) electrons. The molecule has 0 spiro atoms. The average molecular weight is 259 g/mol. The van der Waals surface area contributed by atoms with E-state index in [2.05, 4.69) is 0 Å². The Bertz CT molecular complexity index is 339. The highest BCUT2D eigenvalue weighted by Crippen LogP contribution is 2.37. The number of piperidine rings is 1. The molecule has 17 heavy (non-hydrogen) atoms. The second-order valence-electron chi connectivity index (χ2n) is 3.94. The lowest BCUT2D eigenvalue weighted by Gasteiger charge is -2.32. The van der Waals surface area contributed by atoms with Crippen LogP contribution in [0.2, 0.25) is 0 Å². The van der Waals surface area contributed by atoms with Gasteiger partial charge >= 0.3 is 18.0 Å².